The molecule has 0 saturated heterocycles. The summed E-state index contributed by atoms with van der Waals surface area (Å²) in [5, 5.41) is 27.0. The van der Waals surface area contributed by atoms with Gasteiger partial charge < -0.3 is 20.1 Å². The molecule has 1 aliphatic carbocycles. The zero-order valence-corrected chi connectivity index (χ0v) is 16.4. The molecule has 29 heavy (non-hydrogen) atoms. The molecule has 1 amide bonds. The van der Waals surface area contributed by atoms with Gasteiger partial charge in [-0.3, -0.25) is 4.79 Å². The van der Waals surface area contributed by atoms with E-state index >= 15 is 0 Å². The number of benzene rings is 1. The molecule has 152 valence electrons. The number of phenolic OH excluding ortho intramolecular Hbond substituents is 1. The molecule has 0 unspecified atom stereocenters. The van der Waals surface area contributed by atoms with Crippen molar-refractivity contribution in [1.29, 1.82) is 0 Å². The van der Waals surface area contributed by atoms with Gasteiger partial charge in [0.15, 0.2) is 0 Å². The number of hydrogen-bond donors (Lipinski definition) is 3. The molecule has 3 aromatic rings. The van der Waals surface area contributed by atoms with Crippen LogP contribution in [0.3, 0.4) is 0 Å². The molecular weight excluding hydrogens is 370 g/mol. The summed E-state index contributed by atoms with van der Waals surface area (Å²) in [6.45, 7) is 1.85. The maximum atomic E-state index is 13.2. The van der Waals surface area contributed by atoms with Crippen molar-refractivity contribution in [1.82, 2.24) is 15.5 Å². The van der Waals surface area contributed by atoms with Gasteiger partial charge in [-0.25, -0.2) is 4.98 Å². The van der Waals surface area contributed by atoms with Gasteiger partial charge in [0.05, 0.1) is 29.3 Å². The zero-order valence-electron chi connectivity index (χ0n) is 16.4. The van der Waals surface area contributed by atoms with Crippen molar-refractivity contribution in [2.45, 2.75) is 51.0 Å². The summed E-state index contributed by atoms with van der Waals surface area (Å²) >= 11 is 0. The Kier molecular flexibility index (Phi) is 5.49. The largest absolute Gasteiger partial charge is 0.508 e. The topological polar surface area (TPSA) is 108 Å². The molecule has 1 aliphatic rings. The molecule has 0 bridgehead atoms. The normalized spacial score (nSPS) is 14.8. The number of aliphatic hydroxyl groups excluding tert-OH is 1. The Morgan fingerprint density at radius 3 is 2.72 bits per heavy atom. The number of aromatic hydroxyl groups is 1. The van der Waals surface area contributed by atoms with Crippen LogP contribution < -0.4 is 5.32 Å². The second-order valence-corrected chi connectivity index (χ2v) is 7.65. The van der Waals surface area contributed by atoms with E-state index < -0.39 is 6.04 Å². The van der Waals surface area contributed by atoms with E-state index in [-0.39, 0.29) is 18.3 Å². The number of aryl methyl sites for hydroxylation is 1. The van der Waals surface area contributed by atoms with Crippen molar-refractivity contribution >= 4 is 17.0 Å². The van der Waals surface area contributed by atoms with Gasteiger partial charge in [-0.2, -0.15) is 0 Å². The Morgan fingerprint density at radius 2 is 2.07 bits per heavy atom. The van der Waals surface area contributed by atoms with Gasteiger partial charge in [-0.15, -0.1) is 0 Å². The number of phenols is 1. The molecule has 1 atom stereocenters. The SMILES string of the molecule is CCCc1noc2nc(C3CC3)cc(C(=O)N[C@H](CO)Cc3ccc(O)cc3)c12. The number of pyridine rings is 1. The van der Waals surface area contributed by atoms with Crippen molar-refractivity contribution in [3.05, 3.63) is 52.8 Å². The molecule has 1 fully saturated rings. The number of aliphatic hydroxyl groups is 1. The highest BCUT2D eigenvalue weighted by Crippen LogP contribution is 2.40. The molecule has 4 rings (SSSR count). The number of aromatic nitrogens is 2. The molecule has 0 aliphatic heterocycles. The molecule has 7 heteroatoms. The monoisotopic (exact) mass is 395 g/mol. The number of carbonyl (C=O) groups excluding carboxylic acids is 1. The third kappa shape index (κ3) is 4.24. The van der Waals surface area contributed by atoms with Crippen LogP contribution in [-0.4, -0.2) is 38.9 Å². The van der Waals surface area contributed by atoms with Crippen LogP contribution in [0.1, 0.15) is 59.4 Å². The summed E-state index contributed by atoms with van der Waals surface area (Å²) in [6.07, 6.45) is 4.17. The van der Waals surface area contributed by atoms with E-state index in [0.717, 1.165) is 36.2 Å². The first-order valence-electron chi connectivity index (χ1n) is 10.1. The number of carbonyl (C=O) groups is 1. The van der Waals surface area contributed by atoms with Crippen LogP contribution >= 0.6 is 0 Å². The number of nitrogens with zero attached hydrogens (tertiary/aromatic N) is 2. The number of hydrogen-bond acceptors (Lipinski definition) is 6. The second kappa shape index (κ2) is 8.21. The Bertz CT molecular complexity index is 1010. The lowest BCUT2D eigenvalue weighted by molar-refractivity contribution is 0.0918. The summed E-state index contributed by atoms with van der Waals surface area (Å²) < 4.78 is 5.44. The van der Waals surface area contributed by atoms with E-state index in [1.54, 1.807) is 24.3 Å². The van der Waals surface area contributed by atoms with Crippen LogP contribution in [0.5, 0.6) is 5.75 Å². The minimum atomic E-state index is -0.450. The average Bonchev–Trinajstić information content (AvgIpc) is 3.50. The van der Waals surface area contributed by atoms with E-state index in [1.807, 2.05) is 13.0 Å². The van der Waals surface area contributed by atoms with Gasteiger partial charge >= 0.3 is 0 Å². The van der Waals surface area contributed by atoms with E-state index in [4.69, 9.17) is 4.52 Å². The van der Waals surface area contributed by atoms with Gasteiger partial charge in [0.25, 0.3) is 11.6 Å². The standard InChI is InChI=1S/C22H25N3O4/c1-2-3-18-20-17(11-19(14-6-7-14)24-22(20)29-25-18)21(28)23-15(12-26)10-13-4-8-16(27)9-5-13/h4-5,8-9,11,14-15,26-27H,2-3,6-7,10,12H2,1H3,(H,23,28)/t15-/m0/s1. The molecule has 0 radical (unpaired) electrons. The Morgan fingerprint density at radius 1 is 1.31 bits per heavy atom. The summed E-state index contributed by atoms with van der Waals surface area (Å²) in [4.78, 5) is 17.7. The second-order valence-electron chi connectivity index (χ2n) is 7.65. The summed E-state index contributed by atoms with van der Waals surface area (Å²) in [6, 6.07) is 8.13. The van der Waals surface area contributed by atoms with Crippen LogP contribution in [0.4, 0.5) is 0 Å². The Balaban J connectivity index is 1.62. The van der Waals surface area contributed by atoms with Crippen molar-refractivity contribution < 1.29 is 19.5 Å². The molecule has 1 aromatic carbocycles. The highest BCUT2D eigenvalue weighted by Gasteiger charge is 2.29. The highest BCUT2D eigenvalue weighted by molar-refractivity contribution is 6.06. The first-order valence-corrected chi connectivity index (χ1v) is 10.1. The lowest BCUT2D eigenvalue weighted by atomic mass is 10.0. The van der Waals surface area contributed by atoms with Gasteiger partial charge in [-0.05, 0) is 49.4 Å². The Hall–Kier alpha value is -2.93. The van der Waals surface area contributed by atoms with Crippen LogP contribution in [0.15, 0.2) is 34.9 Å². The van der Waals surface area contributed by atoms with Crippen molar-refractivity contribution in [2.75, 3.05) is 6.61 Å². The smallest absolute Gasteiger partial charge is 0.259 e. The highest BCUT2D eigenvalue weighted by atomic mass is 16.5. The van der Waals surface area contributed by atoms with Crippen molar-refractivity contribution in [3.8, 4) is 5.75 Å². The van der Waals surface area contributed by atoms with Gasteiger partial charge in [0.2, 0.25) is 0 Å². The minimum Gasteiger partial charge on any atom is -0.508 e. The number of nitrogens with one attached hydrogen (secondary N) is 1. The molecule has 0 spiro atoms. The van der Waals surface area contributed by atoms with Crippen molar-refractivity contribution in [3.63, 3.8) is 0 Å². The lowest BCUT2D eigenvalue weighted by Gasteiger charge is -2.17. The lowest BCUT2D eigenvalue weighted by Crippen LogP contribution is -2.39. The first kappa shape index (κ1) is 19.4. The third-order valence-electron chi connectivity index (χ3n) is 5.24. The maximum Gasteiger partial charge on any atom is 0.259 e. The molecule has 3 N–H and O–H groups in total. The number of amides is 1. The van der Waals surface area contributed by atoms with Crippen LogP contribution in [0, 0.1) is 0 Å². The van der Waals surface area contributed by atoms with Crippen LogP contribution in [-0.2, 0) is 12.8 Å². The van der Waals surface area contributed by atoms with Crippen molar-refractivity contribution in [2.24, 2.45) is 0 Å². The fraction of sp³-hybridized carbons (Fsp3) is 0.409. The van der Waals surface area contributed by atoms with E-state index in [1.165, 1.54) is 0 Å². The summed E-state index contributed by atoms with van der Waals surface area (Å²) in [5.41, 5.74) is 3.42. The fourth-order valence-electron chi connectivity index (χ4n) is 3.55. The van der Waals surface area contributed by atoms with Gasteiger partial charge in [0.1, 0.15) is 5.75 Å². The average molecular weight is 395 g/mol. The van der Waals surface area contributed by atoms with Crippen LogP contribution in [0.25, 0.3) is 11.1 Å². The molecule has 2 aromatic heterocycles. The zero-order chi connectivity index (χ0) is 20.4. The minimum absolute atomic E-state index is 0.182. The maximum absolute atomic E-state index is 13.2. The predicted octanol–water partition coefficient (Wildman–Crippen LogP) is 3.09. The fourth-order valence-corrected chi connectivity index (χ4v) is 3.55. The molecule has 7 nitrogen and oxygen atoms in total. The summed E-state index contributed by atoms with van der Waals surface area (Å²) in [5.74, 6) is 0.287. The van der Waals surface area contributed by atoms with Crippen LogP contribution in [0.2, 0.25) is 0 Å². The van der Waals surface area contributed by atoms with Gasteiger partial charge in [0, 0.05) is 11.6 Å². The first-order chi connectivity index (χ1) is 14.1. The summed E-state index contributed by atoms with van der Waals surface area (Å²) in [7, 11) is 0. The van der Waals surface area contributed by atoms with E-state index in [0.29, 0.717) is 35.4 Å². The Labute approximate surface area is 168 Å². The number of fused-ring (bicyclic) bond motifs is 1. The van der Waals surface area contributed by atoms with E-state index in [2.05, 4.69) is 15.5 Å². The third-order valence-corrected chi connectivity index (χ3v) is 5.24. The number of rotatable bonds is 8. The molecular formula is C22H25N3O4. The van der Waals surface area contributed by atoms with E-state index in [9.17, 15) is 15.0 Å². The molecule has 1 saturated carbocycles. The predicted molar refractivity (Wildman–Crippen MR) is 108 cm³/mol. The van der Waals surface area contributed by atoms with Gasteiger partial charge in [-0.1, -0.05) is 30.6 Å². The molecule has 2 heterocycles. The quantitative estimate of drug-likeness (QED) is 0.541.